The third kappa shape index (κ3) is 2.96. The Hall–Kier alpha value is -1.40. The van der Waals surface area contributed by atoms with E-state index in [2.05, 4.69) is 23.8 Å². The molecule has 104 valence electrons. The highest BCUT2D eigenvalue weighted by molar-refractivity contribution is 7.91. The van der Waals surface area contributed by atoms with Gasteiger partial charge in [0.15, 0.2) is 9.84 Å². The lowest BCUT2D eigenvalue weighted by atomic mass is 10.0. The van der Waals surface area contributed by atoms with Crippen molar-refractivity contribution in [1.82, 2.24) is 9.97 Å². The largest absolute Gasteiger partial charge is 0.342 e. The van der Waals surface area contributed by atoms with Crippen LogP contribution in [0, 0.1) is 5.92 Å². The van der Waals surface area contributed by atoms with Crippen LogP contribution in [-0.4, -0.2) is 30.7 Å². The SMILES string of the molecule is CC(C)C(N)Cc1nc2c(S(C)(=O)=O)cccc2[nH]1. The van der Waals surface area contributed by atoms with Gasteiger partial charge in [-0.05, 0) is 18.1 Å². The Morgan fingerprint density at radius 3 is 2.63 bits per heavy atom. The monoisotopic (exact) mass is 281 g/mol. The summed E-state index contributed by atoms with van der Waals surface area (Å²) in [6, 6.07) is 5.11. The van der Waals surface area contributed by atoms with Gasteiger partial charge in [-0.1, -0.05) is 19.9 Å². The van der Waals surface area contributed by atoms with Gasteiger partial charge in [0.1, 0.15) is 11.3 Å². The molecule has 1 aromatic carbocycles. The first-order valence-corrected chi connectivity index (χ1v) is 8.11. The average Bonchev–Trinajstić information content (AvgIpc) is 2.68. The number of para-hydroxylation sites is 1. The van der Waals surface area contributed by atoms with Crippen LogP contribution >= 0.6 is 0 Å². The van der Waals surface area contributed by atoms with Crippen LogP contribution in [0.25, 0.3) is 11.0 Å². The van der Waals surface area contributed by atoms with Gasteiger partial charge in [0.05, 0.1) is 10.4 Å². The van der Waals surface area contributed by atoms with Crippen LogP contribution in [0.5, 0.6) is 0 Å². The molecule has 3 N–H and O–H groups in total. The smallest absolute Gasteiger partial charge is 0.177 e. The van der Waals surface area contributed by atoms with Crippen LogP contribution < -0.4 is 5.73 Å². The van der Waals surface area contributed by atoms with E-state index in [9.17, 15) is 8.42 Å². The molecular formula is C13H19N3O2S. The van der Waals surface area contributed by atoms with Crippen molar-refractivity contribution in [2.24, 2.45) is 11.7 Å². The van der Waals surface area contributed by atoms with Crippen molar-refractivity contribution in [3.05, 3.63) is 24.0 Å². The number of benzene rings is 1. The minimum Gasteiger partial charge on any atom is -0.342 e. The highest BCUT2D eigenvalue weighted by Crippen LogP contribution is 2.21. The van der Waals surface area contributed by atoms with E-state index in [0.29, 0.717) is 17.9 Å². The number of sulfone groups is 1. The molecule has 0 spiro atoms. The lowest BCUT2D eigenvalue weighted by molar-refractivity contribution is 0.483. The fourth-order valence-corrected chi connectivity index (χ4v) is 2.74. The first-order chi connectivity index (χ1) is 8.79. The fourth-order valence-electron chi connectivity index (χ4n) is 1.91. The highest BCUT2D eigenvalue weighted by atomic mass is 32.2. The van der Waals surface area contributed by atoms with Crippen LogP contribution in [0.15, 0.2) is 23.1 Å². The van der Waals surface area contributed by atoms with Gasteiger partial charge >= 0.3 is 0 Å². The van der Waals surface area contributed by atoms with E-state index in [1.165, 1.54) is 6.26 Å². The molecule has 6 heteroatoms. The topological polar surface area (TPSA) is 88.8 Å². The molecule has 0 aliphatic heterocycles. The quantitative estimate of drug-likeness (QED) is 0.888. The summed E-state index contributed by atoms with van der Waals surface area (Å²) in [6.45, 7) is 4.10. The third-order valence-corrected chi connectivity index (χ3v) is 4.34. The number of aromatic nitrogens is 2. The molecule has 19 heavy (non-hydrogen) atoms. The zero-order valence-electron chi connectivity index (χ0n) is 11.3. The van der Waals surface area contributed by atoms with Gasteiger partial charge in [0.2, 0.25) is 0 Å². The second-order valence-corrected chi connectivity index (χ2v) is 7.20. The summed E-state index contributed by atoms with van der Waals surface area (Å²) < 4.78 is 23.4. The second-order valence-electron chi connectivity index (χ2n) is 5.22. The van der Waals surface area contributed by atoms with Crippen molar-refractivity contribution < 1.29 is 8.42 Å². The number of H-pyrrole nitrogens is 1. The highest BCUT2D eigenvalue weighted by Gasteiger charge is 2.17. The minimum absolute atomic E-state index is 0.00208. The molecule has 2 aromatic rings. The van der Waals surface area contributed by atoms with Crippen molar-refractivity contribution >= 4 is 20.9 Å². The molecule has 0 radical (unpaired) electrons. The van der Waals surface area contributed by atoms with Gasteiger partial charge in [0.25, 0.3) is 0 Å². The summed E-state index contributed by atoms with van der Waals surface area (Å²) >= 11 is 0. The predicted molar refractivity (Wildman–Crippen MR) is 75.7 cm³/mol. The number of fused-ring (bicyclic) bond motifs is 1. The zero-order valence-corrected chi connectivity index (χ0v) is 12.2. The van der Waals surface area contributed by atoms with E-state index in [1.807, 2.05) is 6.07 Å². The van der Waals surface area contributed by atoms with E-state index in [4.69, 9.17) is 5.73 Å². The molecule has 0 saturated heterocycles. The summed E-state index contributed by atoms with van der Waals surface area (Å²) in [4.78, 5) is 7.78. The minimum atomic E-state index is -3.27. The van der Waals surface area contributed by atoms with Crippen molar-refractivity contribution in [1.29, 1.82) is 0 Å². The number of aromatic amines is 1. The van der Waals surface area contributed by atoms with E-state index in [1.54, 1.807) is 12.1 Å². The molecular weight excluding hydrogens is 262 g/mol. The maximum atomic E-state index is 11.7. The normalized spacial score (nSPS) is 14.2. The van der Waals surface area contributed by atoms with Crippen molar-refractivity contribution in [2.75, 3.05) is 6.26 Å². The van der Waals surface area contributed by atoms with Crippen LogP contribution in [-0.2, 0) is 16.3 Å². The summed E-state index contributed by atoms with van der Waals surface area (Å²) in [5.41, 5.74) is 7.24. The van der Waals surface area contributed by atoms with Gasteiger partial charge in [-0.25, -0.2) is 13.4 Å². The Kier molecular flexibility index (Phi) is 3.64. The number of hydrogen-bond donors (Lipinski definition) is 2. The number of nitrogens with zero attached hydrogens (tertiary/aromatic N) is 1. The first-order valence-electron chi connectivity index (χ1n) is 6.22. The number of hydrogen-bond acceptors (Lipinski definition) is 4. The molecule has 1 unspecified atom stereocenters. The number of nitrogens with one attached hydrogen (secondary N) is 1. The maximum Gasteiger partial charge on any atom is 0.177 e. The van der Waals surface area contributed by atoms with Crippen molar-refractivity contribution in [3.8, 4) is 0 Å². The summed E-state index contributed by atoms with van der Waals surface area (Å²) in [7, 11) is -3.27. The standard InChI is InChI=1S/C13H19N3O2S/c1-8(2)9(14)7-12-15-10-5-4-6-11(13(10)16-12)19(3,17)18/h4-6,8-9H,7,14H2,1-3H3,(H,15,16). The van der Waals surface area contributed by atoms with E-state index in [0.717, 1.165) is 11.3 Å². The molecule has 0 bridgehead atoms. The van der Waals surface area contributed by atoms with E-state index < -0.39 is 9.84 Å². The Morgan fingerprint density at radius 1 is 1.37 bits per heavy atom. The summed E-state index contributed by atoms with van der Waals surface area (Å²) in [6.07, 6.45) is 1.80. The Labute approximate surface area is 113 Å². The lowest BCUT2D eigenvalue weighted by Gasteiger charge is -2.13. The van der Waals surface area contributed by atoms with Crippen LogP contribution in [0.2, 0.25) is 0 Å². The van der Waals surface area contributed by atoms with Gasteiger partial charge in [-0.15, -0.1) is 0 Å². The summed E-state index contributed by atoms with van der Waals surface area (Å²) in [5.74, 6) is 1.08. The van der Waals surface area contributed by atoms with Crippen LogP contribution in [0.3, 0.4) is 0 Å². The van der Waals surface area contributed by atoms with Crippen LogP contribution in [0.1, 0.15) is 19.7 Å². The number of rotatable bonds is 4. The molecule has 0 amide bonds. The van der Waals surface area contributed by atoms with Gasteiger partial charge in [-0.3, -0.25) is 0 Å². The van der Waals surface area contributed by atoms with Crippen LogP contribution in [0.4, 0.5) is 0 Å². The summed E-state index contributed by atoms with van der Waals surface area (Å²) in [5, 5.41) is 0. The predicted octanol–water partition coefficient (Wildman–Crippen LogP) is 1.49. The second kappa shape index (κ2) is 4.94. The van der Waals surface area contributed by atoms with Crippen molar-refractivity contribution in [3.63, 3.8) is 0 Å². The zero-order chi connectivity index (χ0) is 14.2. The van der Waals surface area contributed by atoms with Crippen molar-refractivity contribution in [2.45, 2.75) is 31.2 Å². The van der Waals surface area contributed by atoms with Gasteiger partial charge in [0, 0.05) is 18.7 Å². The molecule has 2 rings (SSSR count). The number of imidazole rings is 1. The van der Waals surface area contributed by atoms with E-state index >= 15 is 0 Å². The molecule has 0 fully saturated rings. The molecule has 1 heterocycles. The molecule has 0 saturated carbocycles. The van der Waals surface area contributed by atoms with E-state index in [-0.39, 0.29) is 10.9 Å². The molecule has 0 aliphatic carbocycles. The maximum absolute atomic E-state index is 11.7. The Bertz CT molecular complexity index is 689. The van der Waals surface area contributed by atoms with Gasteiger partial charge < -0.3 is 10.7 Å². The average molecular weight is 281 g/mol. The fraction of sp³-hybridized carbons (Fsp3) is 0.462. The molecule has 5 nitrogen and oxygen atoms in total. The Morgan fingerprint density at radius 2 is 2.05 bits per heavy atom. The van der Waals surface area contributed by atoms with Gasteiger partial charge in [-0.2, -0.15) is 0 Å². The molecule has 1 aromatic heterocycles. The molecule has 0 aliphatic rings. The first kappa shape index (κ1) is 14.0. The Balaban J connectivity index is 2.47. The number of nitrogens with two attached hydrogens (primary N) is 1. The molecule has 1 atom stereocenters. The lowest BCUT2D eigenvalue weighted by Crippen LogP contribution is -2.29. The third-order valence-electron chi connectivity index (χ3n) is 3.21.